The van der Waals surface area contributed by atoms with Crippen LogP contribution in [-0.4, -0.2) is 5.11 Å². The molecule has 20 heavy (non-hydrogen) atoms. The van der Waals surface area contributed by atoms with E-state index in [2.05, 4.69) is 15.9 Å². The molecule has 0 aliphatic carbocycles. The van der Waals surface area contributed by atoms with Gasteiger partial charge in [-0.15, -0.1) is 0 Å². The van der Waals surface area contributed by atoms with Crippen molar-refractivity contribution in [3.05, 3.63) is 61.8 Å². The van der Waals surface area contributed by atoms with Gasteiger partial charge in [0, 0.05) is 15.1 Å². The molecule has 1 N–H and O–H groups in total. The van der Waals surface area contributed by atoms with Crippen LogP contribution in [0.15, 0.2) is 34.8 Å². The summed E-state index contributed by atoms with van der Waals surface area (Å²) in [6.45, 7) is -0.118. The van der Waals surface area contributed by atoms with E-state index in [4.69, 9.17) is 27.9 Å². The highest BCUT2D eigenvalue weighted by atomic mass is 79.9. The minimum atomic E-state index is -0.359. The SMILES string of the molecule is OCc1cc(Cl)cc(Cl)c1OCc1cc(F)cc(Br)c1. The molecule has 0 saturated carbocycles. The largest absolute Gasteiger partial charge is 0.487 e. The van der Waals surface area contributed by atoms with Crippen LogP contribution in [0.3, 0.4) is 0 Å². The molecular weight excluding hydrogens is 370 g/mol. The van der Waals surface area contributed by atoms with Gasteiger partial charge in [0.2, 0.25) is 0 Å². The van der Waals surface area contributed by atoms with Crippen molar-refractivity contribution in [1.82, 2.24) is 0 Å². The minimum Gasteiger partial charge on any atom is -0.487 e. The first-order valence-electron chi connectivity index (χ1n) is 5.66. The lowest BCUT2D eigenvalue weighted by Gasteiger charge is -2.13. The maximum atomic E-state index is 13.3. The first kappa shape index (κ1) is 15.6. The number of rotatable bonds is 4. The molecular formula is C14H10BrCl2FO2. The van der Waals surface area contributed by atoms with E-state index >= 15 is 0 Å². The maximum Gasteiger partial charge on any atom is 0.144 e. The van der Waals surface area contributed by atoms with Crippen LogP contribution in [0.25, 0.3) is 0 Å². The van der Waals surface area contributed by atoms with Gasteiger partial charge < -0.3 is 9.84 Å². The smallest absolute Gasteiger partial charge is 0.144 e. The molecule has 0 aliphatic rings. The second-order valence-corrected chi connectivity index (χ2v) is 5.86. The van der Waals surface area contributed by atoms with Crippen molar-refractivity contribution in [2.75, 3.05) is 0 Å². The highest BCUT2D eigenvalue weighted by Gasteiger charge is 2.11. The third-order valence-electron chi connectivity index (χ3n) is 2.56. The number of ether oxygens (including phenoxy) is 1. The van der Waals surface area contributed by atoms with Crippen molar-refractivity contribution < 1.29 is 14.2 Å². The summed E-state index contributed by atoms with van der Waals surface area (Å²) in [5.74, 6) is -0.0125. The lowest BCUT2D eigenvalue weighted by molar-refractivity contribution is 0.259. The molecule has 2 aromatic carbocycles. The zero-order chi connectivity index (χ0) is 14.7. The highest BCUT2D eigenvalue weighted by molar-refractivity contribution is 9.10. The fourth-order valence-corrected chi connectivity index (χ4v) is 2.85. The molecule has 2 nitrogen and oxygen atoms in total. The summed E-state index contributed by atoms with van der Waals surface area (Å²) in [5.41, 5.74) is 1.13. The minimum absolute atomic E-state index is 0.130. The van der Waals surface area contributed by atoms with E-state index in [1.165, 1.54) is 18.2 Å². The Balaban J connectivity index is 2.22. The van der Waals surface area contributed by atoms with E-state index in [0.29, 0.717) is 31.4 Å². The Hall–Kier alpha value is -0.810. The highest BCUT2D eigenvalue weighted by Crippen LogP contribution is 2.33. The van der Waals surface area contributed by atoms with E-state index in [9.17, 15) is 9.50 Å². The molecule has 6 heteroatoms. The van der Waals surface area contributed by atoms with Gasteiger partial charge >= 0.3 is 0 Å². The average molecular weight is 380 g/mol. The van der Waals surface area contributed by atoms with Gasteiger partial charge in [0.15, 0.2) is 0 Å². The van der Waals surface area contributed by atoms with Crippen molar-refractivity contribution in [2.45, 2.75) is 13.2 Å². The van der Waals surface area contributed by atoms with Gasteiger partial charge in [-0.2, -0.15) is 0 Å². The van der Waals surface area contributed by atoms with E-state index < -0.39 is 0 Å². The number of hydrogen-bond donors (Lipinski definition) is 1. The Bertz CT molecular complexity index is 615. The Labute approximate surface area is 134 Å². The maximum absolute atomic E-state index is 13.3. The zero-order valence-corrected chi connectivity index (χ0v) is 13.3. The van der Waals surface area contributed by atoms with Gasteiger partial charge in [-0.05, 0) is 35.9 Å². The molecule has 0 atom stereocenters. The summed E-state index contributed by atoms with van der Waals surface area (Å²) in [6, 6.07) is 7.57. The predicted octanol–water partition coefficient (Wildman–Crippen LogP) is 4.97. The zero-order valence-electron chi connectivity index (χ0n) is 10.2. The first-order valence-corrected chi connectivity index (χ1v) is 7.21. The van der Waals surface area contributed by atoms with Crippen LogP contribution >= 0.6 is 39.1 Å². The van der Waals surface area contributed by atoms with Crippen LogP contribution in [0.1, 0.15) is 11.1 Å². The first-order chi connectivity index (χ1) is 9.49. The summed E-state index contributed by atoms with van der Waals surface area (Å²) in [7, 11) is 0. The molecule has 2 aromatic rings. The summed E-state index contributed by atoms with van der Waals surface area (Å²) in [4.78, 5) is 0. The van der Waals surface area contributed by atoms with Crippen LogP contribution < -0.4 is 4.74 Å². The molecule has 0 fully saturated rings. The normalized spacial score (nSPS) is 10.7. The Kier molecular flexibility index (Phi) is 5.27. The van der Waals surface area contributed by atoms with Crippen LogP contribution in [-0.2, 0) is 13.2 Å². The standard InChI is InChI=1S/C14H10BrCl2FO2/c15-10-1-8(2-12(18)4-10)7-20-14-9(6-19)3-11(16)5-13(14)17/h1-5,19H,6-7H2. The molecule has 0 amide bonds. The Morgan fingerprint density at radius 3 is 2.55 bits per heavy atom. The predicted molar refractivity (Wildman–Crippen MR) is 80.8 cm³/mol. The lowest BCUT2D eigenvalue weighted by Crippen LogP contribution is -2.00. The molecule has 0 aliphatic heterocycles. The molecule has 0 spiro atoms. The fraction of sp³-hybridized carbons (Fsp3) is 0.143. The molecule has 0 saturated heterocycles. The van der Waals surface area contributed by atoms with Crippen LogP contribution in [0.2, 0.25) is 10.0 Å². The van der Waals surface area contributed by atoms with Crippen LogP contribution in [0.4, 0.5) is 4.39 Å². The van der Waals surface area contributed by atoms with Gasteiger partial charge in [-0.1, -0.05) is 39.1 Å². The molecule has 2 rings (SSSR count). The molecule has 0 unspecified atom stereocenters. The summed E-state index contributed by atoms with van der Waals surface area (Å²) in [6.07, 6.45) is 0. The third-order valence-corrected chi connectivity index (χ3v) is 3.52. The van der Waals surface area contributed by atoms with E-state index in [0.717, 1.165) is 0 Å². The van der Waals surface area contributed by atoms with E-state index in [-0.39, 0.29) is 19.0 Å². The lowest BCUT2D eigenvalue weighted by atomic mass is 10.2. The van der Waals surface area contributed by atoms with Gasteiger partial charge in [-0.3, -0.25) is 0 Å². The number of hydrogen-bond acceptors (Lipinski definition) is 2. The number of halogens is 4. The topological polar surface area (TPSA) is 29.5 Å². The Morgan fingerprint density at radius 1 is 1.15 bits per heavy atom. The fourth-order valence-electron chi connectivity index (χ4n) is 1.74. The van der Waals surface area contributed by atoms with E-state index in [1.54, 1.807) is 12.1 Å². The van der Waals surface area contributed by atoms with Crippen molar-refractivity contribution in [3.8, 4) is 5.75 Å². The van der Waals surface area contributed by atoms with Gasteiger partial charge in [0.1, 0.15) is 18.2 Å². The van der Waals surface area contributed by atoms with Crippen molar-refractivity contribution in [2.24, 2.45) is 0 Å². The van der Waals surface area contributed by atoms with Crippen molar-refractivity contribution >= 4 is 39.1 Å². The van der Waals surface area contributed by atoms with Crippen LogP contribution in [0.5, 0.6) is 5.75 Å². The molecule has 0 heterocycles. The second kappa shape index (κ2) is 6.76. The van der Waals surface area contributed by atoms with Crippen molar-refractivity contribution in [1.29, 1.82) is 0 Å². The van der Waals surface area contributed by atoms with Crippen LogP contribution in [0, 0.1) is 5.82 Å². The van der Waals surface area contributed by atoms with Gasteiger partial charge in [0.05, 0.1) is 11.6 Å². The quantitative estimate of drug-likeness (QED) is 0.812. The van der Waals surface area contributed by atoms with E-state index in [1.807, 2.05) is 0 Å². The molecule has 106 valence electrons. The average Bonchev–Trinajstić information content (AvgIpc) is 2.35. The summed E-state index contributed by atoms with van der Waals surface area (Å²) in [5, 5.41) is 10.0. The molecule has 0 aromatic heterocycles. The van der Waals surface area contributed by atoms with Crippen molar-refractivity contribution in [3.63, 3.8) is 0 Å². The monoisotopic (exact) mass is 378 g/mol. The number of aliphatic hydroxyl groups excluding tert-OH is 1. The number of benzene rings is 2. The molecule has 0 radical (unpaired) electrons. The third kappa shape index (κ3) is 3.85. The van der Waals surface area contributed by atoms with Gasteiger partial charge in [-0.25, -0.2) is 4.39 Å². The molecule has 0 bridgehead atoms. The second-order valence-electron chi connectivity index (χ2n) is 4.10. The summed E-state index contributed by atoms with van der Waals surface area (Å²) >= 11 is 15.1. The van der Waals surface area contributed by atoms with Gasteiger partial charge in [0.25, 0.3) is 0 Å². The Morgan fingerprint density at radius 2 is 1.90 bits per heavy atom. The number of aliphatic hydroxyl groups is 1. The summed E-state index contributed by atoms with van der Waals surface area (Å²) < 4.78 is 19.5.